The molecule has 1 fully saturated rings. The minimum Gasteiger partial charge on any atom is -0.493 e. The molecular formula is C56H62ClN3O10S. The highest BCUT2D eigenvalue weighted by Crippen LogP contribution is 2.62. The molecule has 13 nitrogen and oxygen atoms in total. The third-order valence-corrected chi connectivity index (χ3v) is 14.8. The fourth-order valence-electron chi connectivity index (χ4n) is 10.6. The Balaban J connectivity index is 1.30. The van der Waals surface area contributed by atoms with Crippen molar-refractivity contribution in [3.05, 3.63) is 166 Å². The number of unbranched alkanes of at least 4 members (excludes halogenated alkanes) is 2. The van der Waals surface area contributed by atoms with E-state index in [1.165, 1.54) is 12.1 Å². The SMILES string of the molecule is C=CCOC12Oc3ccc(OCCSc4ccccc4)cc3C3C(CCCCO)C(CCCCO)C=C(C(=NOCc4ccc([N+](=O)[O-])cc4)CC1N(Cc1cccc4ccccc14)C(=O)OCCCl)C32. The first-order chi connectivity index (χ1) is 34.8. The maximum absolute atomic E-state index is 14.9. The molecule has 5 aromatic rings. The highest BCUT2D eigenvalue weighted by atomic mass is 35.5. The van der Waals surface area contributed by atoms with E-state index in [-0.39, 0.29) is 75.3 Å². The summed E-state index contributed by atoms with van der Waals surface area (Å²) < 4.78 is 27.1. The lowest BCUT2D eigenvalue weighted by atomic mass is 9.55. The minimum atomic E-state index is -1.54. The molecule has 5 aromatic carbocycles. The number of fused-ring (bicyclic) bond motifs is 3. The van der Waals surface area contributed by atoms with Gasteiger partial charge in [-0.05, 0) is 107 Å². The van der Waals surface area contributed by atoms with Gasteiger partial charge in [-0.1, -0.05) is 90.8 Å². The molecule has 6 atom stereocenters. The van der Waals surface area contributed by atoms with Crippen LogP contribution in [0.5, 0.6) is 11.5 Å². The van der Waals surface area contributed by atoms with Gasteiger partial charge in [0.25, 0.3) is 5.69 Å². The van der Waals surface area contributed by atoms with Gasteiger partial charge in [-0.3, -0.25) is 15.0 Å². The monoisotopic (exact) mass is 1000 g/mol. The maximum Gasteiger partial charge on any atom is 0.410 e. The summed E-state index contributed by atoms with van der Waals surface area (Å²) in [6.45, 7) is 4.85. The molecule has 1 amide bonds. The lowest BCUT2D eigenvalue weighted by Crippen LogP contribution is -2.70. The van der Waals surface area contributed by atoms with Gasteiger partial charge in [0.1, 0.15) is 30.8 Å². The smallest absolute Gasteiger partial charge is 0.410 e. The van der Waals surface area contributed by atoms with Crippen LogP contribution in [-0.2, 0) is 27.5 Å². The van der Waals surface area contributed by atoms with Crippen LogP contribution in [0.1, 0.15) is 67.6 Å². The van der Waals surface area contributed by atoms with Crippen LogP contribution in [0.2, 0.25) is 0 Å². The van der Waals surface area contributed by atoms with Crippen molar-refractivity contribution >= 4 is 51.6 Å². The summed E-state index contributed by atoms with van der Waals surface area (Å²) in [6.07, 6.45) is 7.82. The predicted molar refractivity (Wildman–Crippen MR) is 277 cm³/mol. The van der Waals surface area contributed by atoms with Crippen LogP contribution < -0.4 is 9.47 Å². The molecule has 0 saturated heterocycles. The first kappa shape index (κ1) is 51.5. The Morgan fingerprint density at radius 2 is 1.70 bits per heavy atom. The quantitative estimate of drug-likeness (QED) is 0.0143. The Morgan fingerprint density at radius 1 is 0.944 bits per heavy atom. The Morgan fingerprint density at radius 3 is 2.46 bits per heavy atom. The summed E-state index contributed by atoms with van der Waals surface area (Å²) in [5, 5.41) is 38.5. The number of carbonyl (C=O) groups is 1. The van der Waals surface area contributed by atoms with Crippen molar-refractivity contribution in [1.29, 1.82) is 0 Å². The third kappa shape index (κ3) is 12.1. The number of nitro groups is 1. The standard InChI is InChI=1S/C56H62ClN3O10S/c1-2-30-68-56-52(59(55(63)67-31-27-57)37-42-16-12-15-40-13-6-7-19-46(40)42)36-50(58-69-38-39-21-23-43(24-22-39)60(64)65)48-34-41(14-8-10-28-61)47(20-9-11-29-62)53(54(48)56)49-35-44(25-26-51(49)70-56)66-32-33-71-45-17-4-3-5-18-45/h2-7,12-13,15-19,21-26,34-35,41,47,52-54,61-62H,1,8-11,14,20,27-33,36-38H2. The van der Waals surface area contributed by atoms with Crippen LogP contribution in [0.25, 0.3) is 10.8 Å². The fraction of sp³-hybridized carbons (Fsp3) is 0.393. The van der Waals surface area contributed by atoms with Crippen molar-refractivity contribution in [2.45, 2.75) is 80.7 Å². The number of rotatable bonds is 25. The Labute approximate surface area is 424 Å². The molecule has 0 aromatic heterocycles. The number of oxime groups is 1. The van der Waals surface area contributed by atoms with Gasteiger partial charge in [-0.2, -0.15) is 0 Å². The molecule has 1 saturated carbocycles. The minimum absolute atomic E-state index is 0.00305. The number of non-ortho nitro benzene ring substituents is 1. The van der Waals surface area contributed by atoms with E-state index >= 15 is 0 Å². The topological polar surface area (TPSA) is 162 Å². The van der Waals surface area contributed by atoms with Crippen LogP contribution in [0.3, 0.4) is 0 Å². The lowest BCUT2D eigenvalue weighted by molar-refractivity contribution is -0.384. The summed E-state index contributed by atoms with van der Waals surface area (Å²) in [5.41, 5.74) is 3.93. The number of benzene rings is 5. The van der Waals surface area contributed by atoms with Gasteiger partial charge in [0, 0.05) is 53.9 Å². The van der Waals surface area contributed by atoms with Gasteiger partial charge >= 0.3 is 6.09 Å². The van der Waals surface area contributed by atoms with Crippen LogP contribution >= 0.6 is 23.4 Å². The second-order valence-electron chi connectivity index (χ2n) is 18.0. The Hall–Kier alpha value is -5.90. The van der Waals surface area contributed by atoms with Gasteiger partial charge < -0.3 is 34.0 Å². The number of nitrogens with zero attached hydrogens (tertiary/aromatic N) is 3. The lowest BCUT2D eigenvalue weighted by Gasteiger charge is -2.59. The number of carbonyl (C=O) groups excluding carboxylic acids is 1. The van der Waals surface area contributed by atoms with Crippen LogP contribution in [0.4, 0.5) is 10.5 Å². The third-order valence-electron chi connectivity index (χ3n) is 13.7. The van der Waals surface area contributed by atoms with Crippen molar-refractivity contribution in [2.24, 2.45) is 22.9 Å². The molecule has 1 heterocycles. The molecule has 8 rings (SSSR count). The van der Waals surface area contributed by atoms with Crippen molar-refractivity contribution in [3.8, 4) is 11.5 Å². The van der Waals surface area contributed by atoms with E-state index in [1.807, 2.05) is 72.8 Å². The van der Waals surface area contributed by atoms with Crippen molar-refractivity contribution < 1.29 is 43.7 Å². The average molecular weight is 1000 g/mol. The molecule has 3 aliphatic rings. The van der Waals surface area contributed by atoms with E-state index in [2.05, 4.69) is 30.9 Å². The summed E-state index contributed by atoms with van der Waals surface area (Å²) in [4.78, 5) is 35.0. The number of hydrogen-bond donors (Lipinski definition) is 2. The van der Waals surface area contributed by atoms with Gasteiger partial charge in [0.15, 0.2) is 0 Å². The zero-order valence-electron chi connectivity index (χ0n) is 39.8. The second-order valence-corrected chi connectivity index (χ2v) is 19.6. The molecule has 2 N–H and O–H groups in total. The number of aliphatic hydroxyl groups excluding tert-OH is 2. The molecule has 0 spiro atoms. The zero-order valence-corrected chi connectivity index (χ0v) is 41.4. The van der Waals surface area contributed by atoms with Gasteiger partial charge in [-0.15, -0.1) is 29.9 Å². The first-order valence-electron chi connectivity index (χ1n) is 24.5. The van der Waals surface area contributed by atoms with Crippen LogP contribution in [0, 0.1) is 27.9 Å². The molecule has 1 aliphatic heterocycles. The molecule has 71 heavy (non-hydrogen) atoms. The van der Waals surface area contributed by atoms with Gasteiger partial charge in [0.2, 0.25) is 5.79 Å². The summed E-state index contributed by atoms with van der Waals surface area (Å²) in [6, 6.07) is 35.5. The summed E-state index contributed by atoms with van der Waals surface area (Å²) in [5.74, 6) is -0.303. The number of aliphatic hydroxyl groups is 2. The number of amides is 1. The van der Waals surface area contributed by atoms with E-state index < -0.39 is 28.8 Å². The van der Waals surface area contributed by atoms with E-state index in [0.29, 0.717) is 42.2 Å². The summed E-state index contributed by atoms with van der Waals surface area (Å²) >= 11 is 7.91. The molecule has 6 unspecified atom stereocenters. The largest absolute Gasteiger partial charge is 0.493 e. The number of hydrogen-bond acceptors (Lipinski definition) is 12. The molecule has 0 radical (unpaired) electrons. The van der Waals surface area contributed by atoms with Gasteiger partial charge in [0.05, 0.1) is 42.2 Å². The number of alkyl halides is 1. The second kappa shape index (κ2) is 25.0. The van der Waals surface area contributed by atoms with E-state index in [1.54, 1.807) is 34.9 Å². The van der Waals surface area contributed by atoms with Crippen molar-refractivity contribution in [2.75, 3.05) is 44.7 Å². The van der Waals surface area contributed by atoms with Gasteiger partial charge in [-0.25, -0.2) is 4.79 Å². The van der Waals surface area contributed by atoms with E-state index in [0.717, 1.165) is 63.8 Å². The van der Waals surface area contributed by atoms with Crippen molar-refractivity contribution in [3.63, 3.8) is 0 Å². The number of thioether (sulfide) groups is 1. The maximum atomic E-state index is 14.9. The number of nitro benzene ring substituents is 1. The highest BCUT2D eigenvalue weighted by molar-refractivity contribution is 7.99. The molecule has 0 bridgehead atoms. The van der Waals surface area contributed by atoms with E-state index in [4.69, 9.17) is 40.5 Å². The van der Waals surface area contributed by atoms with E-state index in [9.17, 15) is 25.1 Å². The van der Waals surface area contributed by atoms with Crippen LogP contribution in [-0.4, -0.2) is 88.3 Å². The fourth-order valence-corrected chi connectivity index (χ4v) is 11.4. The normalized spacial score (nSPS) is 21.6. The Kier molecular flexibility index (Phi) is 18.1. The molecular weight excluding hydrogens is 942 g/mol. The molecule has 2 aliphatic carbocycles. The number of ether oxygens (including phenoxy) is 4. The van der Waals surface area contributed by atoms with Crippen molar-refractivity contribution in [1.82, 2.24) is 4.90 Å². The average Bonchev–Trinajstić information content (AvgIpc) is 3.39. The number of allylic oxidation sites excluding steroid dienone is 1. The zero-order chi connectivity index (χ0) is 49.6. The molecule has 374 valence electrons. The first-order valence-corrected chi connectivity index (χ1v) is 26.0. The van der Waals surface area contributed by atoms with Crippen LogP contribution in [0.15, 0.2) is 150 Å². The highest BCUT2D eigenvalue weighted by Gasteiger charge is 2.65. The predicted octanol–water partition coefficient (Wildman–Crippen LogP) is 11.6. The Bertz CT molecular complexity index is 2650. The molecule has 15 heteroatoms. The number of halogens is 1. The summed E-state index contributed by atoms with van der Waals surface area (Å²) in [7, 11) is 0.